The summed E-state index contributed by atoms with van der Waals surface area (Å²) in [6.45, 7) is 4.86. The van der Waals surface area contributed by atoms with Gasteiger partial charge in [-0.1, -0.05) is 12.1 Å². The molecule has 2 aromatic rings. The monoisotopic (exact) mass is 238 g/mol. The lowest BCUT2D eigenvalue weighted by Crippen LogP contribution is -2.24. The third kappa shape index (κ3) is 2.65. The van der Waals surface area contributed by atoms with Gasteiger partial charge in [-0.3, -0.25) is 0 Å². The van der Waals surface area contributed by atoms with Crippen LogP contribution in [-0.4, -0.2) is 21.2 Å². The highest BCUT2D eigenvalue weighted by atomic mass is 32.1. The lowest BCUT2D eigenvalue weighted by Gasteiger charge is -2.07. The number of hydrogen-bond acceptors (Lipinski definition) is 6. The quantitative estimate of drug-likeness (QED) is 0.864. The van der Waals surface area contributed by atoms with Crippen molar-refractivity contribution in [3.8, 4) is 11.5 Å². The van der Waals surface area contributed by atoms with Gasteiger partial charge in [-0.15, -0.1) is 11.3 Å². The molecule has 0 aliphatic carbocycles. The fourth-order valence-electron chi connectivity index (χ4n) is 1.16. The van der Waals surface area contributed by atoms with Gasteiger partial charge in [0.2, 0.25) is 11.7 Å². The van der Waals surface area contributed by atoms with Crippen molar-refractivity contribution in [2.24, 2.45) is 0 Å². The number of aromatic nitrogens is 3. The molecule has 2 heterocycles. The third-order valence-corrected chi connectivity index (χ3v) is 2.93. The molecule has 0 aromatic carbocycles. The van der Waals surface area contributed by atoms with Crippen molar-refractivity contribution in [2.75, 3.05) is 0 Å². The van der Waals surface area contributed by atoms with Gasteiger partial charge in [-0.2, -0.15) is 4.98 Å². The molecule has 1 unspecified atom stereocenters. The normalized spacial score (nSPS) is 12.9. The molecule has 0 saturated heterocycles. The van der Waals surface area contributed by atoms with Gasteiger partial charge in [0.1, 0.15) is 5.69 Å². The van der Waals surface area contributed by atoms with Crippen LogP contribution >= 0.6 is 11.3 Å². The summed E-state index contributed by atoms with van der Waals surface area (Å²) in [4.78, 5) is 8.39. The minimum Gasteiger partial charge on any atom is -0.337 e. The predicted molar refractivity (Wildman–Crippen MR) is 62.0 cm³/mol. The van der Waals surface area contributed by atoms with Gasteiger partial charge in [0.15, 0.2) is 0 Å². The van der Waals surface area contributed by atoms with E-state index >= 15 is 0 Å². The van der Waals surface area contributed by atoms with E-state index in [-0.39, 0.29) is 0 Å². The first-order valence-corrected chi connectivity index (χ1v) is 6.18. The number of hydrogen-bond donors (Lipinski definition) is 1. The van der Waals surface area contributed by atoms with Gasteiger partial charge in [-0.25, -0.2) is 4.98 Å². The maximum Gasteiger partial charge on any atom is 0.240 e. The fourth-order valence-corrected chi connectivity index (χ4v) is 1.69. The maximum atomic E-state index is 5.12. The number of rotatable bonds is 5. The Morgan fingerprint density at radius 3 is 3.12 bits per heavy atom. The van der Waals surface area contributed by atoms with E-state index in [4.69, 9.17) is 4.52 Å². The second-order valence-corrected chi connectivity index (χ2v) is 4.29. The molecule has 0 spiro atoms. The number of nitrogens with one attached hydrogen (secondary N) is 1. The van der Waals surface area contributed by atoms with E-state index in [9.17, 15) is 0 Å². The second kappa shape index (κ2) is 5.18. The first-order chi connectivity index (χ1) is 7.79. The van der Waals surface area contributed by atoms with Crippen LogP contribution in [0.3, 0.4) is 0 Å². The number of thiazole rings is 1. The molecule has 0 radical (unpaired) electrons. The molecule has 86 valence electrons. The van der Waals surface area contributed by atoms with Crippen LogP contribution in [0.1, 0.15) is 26.2 Å². The van der Waals surface area contributed by atoms with Gasteiger partial charge in [0.05, 0.1) is 12.1 Å². The van der Waals surface area contributed by atoms with Crippen LogP contribution in [0.25, 0.3) is 11.5 Å². The van der Waals surface area contributed by atoms with Crippen molar-refractivity contribution in [1.82, 2.24) is 20.4 Å². The molecule has 2 aromatic heterocycles. The van der Waals surface area contributed by atoms with Crippen molar-refractivity contribution < 1.29 is 4.52 Å². The van der Waals surface area contributed by atoms with Crippen LogP contribution in [0.2, 0.25) is 0 Å². The van der Waals surface area contributed by atoms with E-state index in [2.05, 4.69) is 34.3 Å². The van der Waals surface area contributed by atoms with E-state index in [1.165, 1.54) is 11.3 Å². The SMILES string of the molecule is CCC(C)NCc1nc(-c2cscn2)no1. The molecule has 6 heteroatoms. The van der Waals surface area contributed by atoms with Gasteiger partial charge in [0, 0.05) is 11.4 Å². The van der Waals surface area contributed by atoms with E-state index in [0.29, 0.717) is 24.3 Å². The molecule has 0 aliphatic heterocycles. The van der Waals surface area contributed by atoms with Crippen molar-refractivity contribution >= 4 is 11.3 Å². The van der Waals surface area contributed by atoms with Crippen molar-refractivity contribution in [3.63, 3.8) is 0 Å². The zero-order valence-electron chi connectivity index (χ0n) is 9.30. The van der Waals surface area contributed by atoms with Crippen molar-refractivity contribution in [2.45, 2.75) is 32.9 Å². The van der Waals surface area contributed by atoms with Crippen LogP contribution in [0.15, 0.2) is 15.4 Å². The highest BCUT2D eigenvalue weighted by Crippen LogP contribution is 2.14. The highest BCUT2D eigenvalue weighted by Gasteiger charge is 2.10. The van der Waals surface area contributed by atoms with Gasteiger partial charge >= 0.3 is 0 Å². The molecule has 1 atom stereocenters. The Morgan fingerprint density at radius 1 is 1.56 bits per heavy atom. The Balaban J connectivity index is 1.98. The summed E-state index contributed by atoms with van der Waals surface area (Å²) in [5.74, 6) is 1.16. The first-order valence-electron chi connectivity index (χ1n) is 5.24. The standard InChI is InChI=1S/C10H14N4OS/c1-3-7(2)11-4-9-13-10(14-15-9)8-5-16-6-12-8/h5-7,11H,3-4H2,1-2H3. The Labute approximate surface area is 97.9 Å². The molecule has 0 bridgehead atoms. The highest BCUT2D eigenvalue weighted by molar-refractivity contribution is 7.07. The summed E-state index contributed by atoms with van der Waals surface area (Å²) >= 11 is 1.52. The molecular weight excluding hydrogens is 224 g/mol. The van der Waals surface area contributed by atoms with Crippen LogP contribution in [0.5, 0.6) is 0 Å². The Morgan fingerprint density at radius 2 is 2.44 bits per heavy atom. The molecule has 0 amide bonds. The molecule has 0 fully saturated rings. The predicted octanol–water partition coefficient (Wildman–Crippen LogP) is 2.08. The molecule has 2 rings (SSSR count). The molecule has 5 nitrogen and oxygen atoms in total. The van der Waals surface area contributed by atoms with Gasteiger partial charge < -0.3 is 9.84 Å². The Bertz CT molecular complexity index is 426. The Kier molecular flexibility index (Phi) is 3.63. The van der Waals surface area contributed by atoms with E-state index in [1.54, 1.807) is 5.51 Å². The van der Waals surface area contributed by atoms with Crippen molar-refractivity contribution in [3.05, 3.63) is 16.8 Å². The topological polar surface area (TPSA) is 63.8 Å². The van der Waals surface area contributed by atoms with Crippen LogP contribution < -0.4 is 5.32 Å². The zero-order chi connectivity index (χ0) is 11.4. The lowest BCUT2D eigenvalue weighted by atomic mass is 10.3. The van der Waals surface area contributed by atoms with Gasteiger partial charge in [-0.05, 0) is 13.3 Å². The summed E-state index contributed by atoms with van der Waals surface area (Å²) in [7, 11) is 0. The minimum atomic E-state index is 0.453. The Hall–Kier alpha value is -1.27. The summed E-state index contributed by atoms with van der Waals surface area (Å²) in [6.07, 6.45) is 1.08. The first kappa shape index (κ1) is 11.2. The van der Waals surface area contributed by atoms with Crippen LogP contribution in [-0.2, 0) is 6.54 Å². The average Bonchev–Trinajstić information content (AvgIpc) is 2.95. The largest absolute Gasteiger partial charge is 0.337 e. The van der Waals surface area contributed by atoms with E-state index in [0.717, 1.165) is 12.1 Å². The second-order valence-electron chi connectivity index (χ2n) is 3.58. The summed E-state index contributed by atoms with van der Waals surface area (Å²) in [5.41, 5.74) is 2.52. The molecule has 16 heavy (non-hydrogen) atoms. The summed E-state index contributed by atoms with van der Waals surface area (Å²) in [6, 6.07) is 0.453. The zero-order valence-corrected chi connectivity index (χ0v) is 10.1. The maximum absolute atomic E-state index is 5.12. The minimum absolute atomic E-state index is 0.453. The van der Waals surface area contributed by atoms with Crippen LogP contribution in [0.4, 0.5) is 0 Å². The van der Waals surface area contributed by atoms with E-state index in [1.807, 2.05) is 5.38 Å². The third-order valence-electron chi connectivity index (χ3n) is 2.34. The summed E-state index contributed by atoms with van der Waals surface area (Å²) < 4.78 is 5.12. The van der Waals surface area contributed by atoms with Crippen molar-refractivity contribution in [1.29, 1.82) is 0 Å². The molecule has 0 aliphatic rings. The number of nitrogens with zero attached hydrogens (tertiary/aromatic N) is 3. The molecule has 0 saturated carbocycles. The molecule has 1 N–H and O–H groups in total. The summed E-state index contributed by atoms with van der Waals surface area (Å²) in [5, 5.41) is 9.07. The molecular formula is C10H14N4OS. The smallest absolute Gasteiger partial charge is 0.240 e. The van der Waals surface area contributed by atoms with Gasteiger partial charge in [0.25, 0.3) is 0 Å². The van der Waals surface area contributed by atoms with E-state index < -0.39 is 0 Å². The average molecular weight is 238 g/mol. The lowest BCUT2D eigenvalue weighted by molar-refractivity contribution is 0.358. The fraction of sp³-hybridized carbons (Fsp3) is 0.500. The van der Waals surface area contributed by atoms with Crippen LogP contribution in [0, 0.1) is 0 Å².